The average molecular weight is 253 g/mol. The summed E-state index contributed by atoms with van der Waals surface area (Å²) in [6.45, 7) is 2.24. The van der Waals surface area contributed by atoms with E-state index in [1.807, 2.05) is 0 Å². The SMILES string of the molecule is O=C1OCCC1N1Cc2cccc3cccc(c23)C1. The summed E-state index contributed by atoms with van der Waals surface area (Å²) < 4.78 is 5.10. The Balaban J connectivity index is 1.78. The van der Waals surface area contributed by atoms with E-state index in [9.17, 15) is 4.79 Å². The second kappa shape index (κ2) is 4.07. The minimum atomic E-state index is -0.0661. The van der Waals surface area contributed by atoms with Crippen molar-refractivity contribution in [1.82, 2.24) is 4.90 Å². The number of carbonyl (C=O) groups is 1. The molecular formula is C16H15NO2. The maximum atomic E-state index is 11.8. The fraction of sp³-hybridized carbons (Fsp3) is 0.312. The number of carbonyl (C=O) groups excluding carboxylic acids is 1. The van der Waals surface area contributed by atoms with Gasteiger partial charge in [0.25, 0.3) is 0 Å². The molecule has 1 unspecified atom stereocenters. The summed E-state index contributed by atoms with van der Waals surface area (Å²) in [6, 6.07) is 12.8. The van der Waals surface area contributed by atoms with Gasteiger partial charge in [-0.3, -0.25) is 9.69 Å². The molecule has 0 aromatic heterocycles. The highest BCUT2D eigenvalue weighted by Gasteiger charge is 2.34. The van der Waals surface area contributed by atoms with Gasteiger partial charge in [0.15, 0.2) is 0 Å². The molecule has 1 atom stereocenters. The quantitative estimate of drug-likeness (QED) is 0.731. The van der Waals surface area contributed by atoms with E-state index in [-0.39, 0.29) is 12.0 Å². The van der Waals surface area contributed by atoms with E-state index in [2.05, 4.69) is 41.3 Å². The molecule has 0 amide bonds. The molecule has 0 saturated carbocycles. The van der Waals surface area contributed by atoms with E-state index >= 15 is 0 Å². The molecule has 0 aliphatic carbocycles. The molecule has 2 aromatic rings. The first-order chi connectivity index (χ1) is 9.33. The maximum Gasteiger partial charge on any atom is 0.323 e. The highest BCUT2D eigenvalue weighted by atomic mass is 16.5. The highest BCUT2D eigenvalue weighted by Crippen LogP contribution is 2.32. The topological polar surface area (TPSA) is 29.5 Å². The number of rotatable bonds is 1. The van der Waals surface area contributed by atoms with Gasteiger partial charge in [-0.15, -0.1) is 0 Å². The third-order valence-electron chi connectivity index (χ3n) is 4.17. The van der Waals surface area contributed by atoms with Crippen LogP contribution >= 0.6 is 0 Å². The van der Waals surface area contributed by atoms with Gasteiger partial charge in [-0.05, 0) is 21.9 Å². The third-order valence-corrected chi connectivity index (χ3v) is 4.17. The van der Waals surface area contributed by atoms with Gasteiger partial charge in [-0.25, -0.2) is 0 Å². The monoisotopic (exact) mass is 253 g/mol. The van der Waals surface area contributed by atoms with Crippen LogP contribution in [0.1, 0.15) is 17.5 Å². The number of cyclic esters (lactones) is 1. The third kappa shape index (κ3) is 1.65. The van der Waals surface area contributed by atoms with E-state index < -0.39 is 0 Å². The van der Waals surface area contributed by atoms with Crippen LogP contribution in [0.15, 0.2) is 36.4 Å². The van der Waals surface area contributed by atoms with Gasteiger partial charge in [-0.2, -0.15) is 0 Å². The molecule has 1 fully saturated rings. The van der Waals surface area contributed by atoms with Gasteiger partial charge in [0, 0.05) is 19.5 Å². The molecule has 2 heterocycles. The van der Waals surface area contributed by atoms with Crippen LogP contribution in [0.2, 0.25) is 0 Å². The minimum absolute atomic E-state index is 0.0634. The Kier molecular flexibility index (Phi) is 2.35. The van der Waals surface area contributed by atoms with Crippen molar-refractivity contribution in [1.29, 1.82) is 0 Å². The summed E-state index contributed by atoms with van der Waals surface area (Å²) in [5, 5.41) is 2.66. The van der Waals surface area contributed by atoms with E-state index in [0.29, 0.717) is 6.61 Å². The zero-order chi connectivity index (χ0) is 12.8. The van der Waals surface area contributed by atoms with Crippen molar-refractivity contribution < 1.29 is 9.53 Å². The Morgan fingerprint density at radius 1 is 1.05 bits per heavy atom. The van der Waals surface area contributed by atoms with E-state index in [1.54, 1.807) is 0 Å². The molecule has 1 saturated heterocycles. The number of nitrogens with zero attached hydrogens (tertiary/aromatic N) is 1. The molecule has 2 aliphatic rings. The predicted molar refractivity (Wildman–Crippen MR) is 72.6 cm³/mol. The smallest absolute Gasteiger partial charge is 0.323 e. The number of esters is 1. The summed E-state index contributed by atoms with van der Waals surface area (Å²) in [5.74, 6) is -0.0634. The largest absolute Gasteiger partial charge is 0.464 e. The van der Waals surface area contributed by atoms with Crippen LogP contribution in [0.4, 0.5) is 0 Å². The minimum Gasteiger partial charge on any atom is -0.464 e. The Bertz CT molecular complexity index is 624. The Labute approximate surface area is 111 Å². The van der Waals surface area contributed by atoms with Crippen molar-refractivity contribution in [2.75, 3.05) is 6.61 Å². The van der Waals surface area contributed by atoms with Crippen molar-refractivity contribution in [3.8, 4) is 0 Å². The summed E-state index contributed by atoms with van der Waals surface area (Å²) in [7, 11) is 0. The molecule has 0 bridgehead atoms. The van der Waals surface area contributed by atoms with Crippen LogP contribution in [0.3, 0.4) is 0 Å². The first kappa shape index (κ1) is 11.0. The lowest BCUT2D eigenvalue weighted by Gasteiger charge is -2.31. The lowest BCUT2D eigenvalue weighted by atomic mass is 9.94. The van der Waals surface area contributed by atoms with Crippen LogP contribution < -0.4 is 0 Å². The van der Waals surface area contributed by atoms with Gasteiger partial charge in [-0.1, -0.05) is 36.4 Å². The van der Waals surface area contributed by atoms with Crippen LogP contribution in [-0.4, -0.2) is 23.5 Å². The van der Waals surface area contributed by atoms with Crippen LogP contribution in [0, 0.1) is 0 Å². The Hall–Kier alpha value is -1.87. The lowest BCUT2D eigenvalue weighted by molar-refractivity contribution is -0.142. The van der Waals surface area contributed by atoms with Crippen LogP contribution in [0.25, 0.3) is 10.8 Å². The molecule has 19 heavy (non-hydrogen) atoms. The number of ether oxygens (including phenoxy) is 1. The summed E-state index contributed by atoms with van der Waals surface area (Å²) in [6.07, 6.45) is 0.816. The summed E-state index contributed by atoms with van der Waals surface area (Å²) in [4.78, 5) is 14.0. The predicted octanol–water partition coefficient (Wildman–Crippen LogP) is 2.47. The fourth-order valence-electron chi connectivity index (χ4n) is 3.30. The second-order valence-electron chi connectivity index (χ2n) is 5.31. The van der Waals surface area contributed by atoms with Crippen LogP contribution in [0.5, 0.6) is 0 Å². The molecule has 2 aliphatic heterocycles. The molecule has 4 rings (SSSR count). The zero-order valence-corrected chi connectivity index (χ0v) is 10.6. The zero-order valence-electron chi connectivity index (χ0n) is 10.6. The standard InChI is InChI=1S/C16H15NO2/c18-16-14(7-8-19-16)17-9-12-5-1-3-11-4-2-6-13(10-17)15(11)12/h1-6,14H,7-10H2. The average Bonchev–Trinajstić information content (AvgIpc) is 2.85. The van der Waals surface area contributed by atoms with Crippen molar-refractivity contribution in [3.63, 3.8) is 0 Å². The number of hydrogen-bond donors (Lipinski definition) is 0. The second-order valence-corrected chi connectivity index (χ2v) is 5.31. The molecule has 0 N–H and O–H groups in total. The van der Waals surface area contributed by atoms with Gasteiger partial charge in [0.2, 0.25) is 0 Å². The first-order valence-corrected chi connectivity index (χ1v) is 6.73. The molecular weight excluding hydrogens is 238 g/mol. The highest BCUT2D eigenvalue weighted by molar-refractivity contribution is 5.89. The van der Waals surface area contributed by atoms with Gasteiger partial charge in [0.1, 0.15) is 6.04 Å². The van der Waals surface area contributed by atoms with E-state index in [4.69, 9.17) is 4.74 Å². The molecule has 3 heteroatoms. The molecule has 3 nitrogen and oxygen atoms in total. The van der Waals surface area contributed by atoms with Crippen molar-refractivity contribution in [3.05, 3.63) is 47.5 Å². The molecule has 0 radical (unpaired) electrons. The first-order valence-electron chi connectivity index (χ1n) is 6.73. The van der Waals surface area contributed by atoms with Gasteiger partial charge >= 0.3 is 5.97 Å². The lowest BCUT2D eigenvalue weighted by Crippen LogP contribution is -2.39. The van der Waals surface area contributed by atoms with Gasteiger partial charge < -0.3 is 4.74 Å². The van der Waals surface area contributed by atoms with E-state index in [0.717, 1.165) is 19.5 Å². The fourth-order valence-corrected chi connectivity index (χ4v) is 3.30. The van der Waals surface area contributed by atoms with E-state index in [1.165, 1.54) is 21.9 Å². The maximum absolute atomic E-state index is 11.8. The molecule has 2 aromatic carbocycles. The summed E-state index contributed by atoms with van der Waals surface area (Å²) >= 11 is 0. The number of hydrogen-bond acceptors (Lipinski definition) is 3. The van der Waals surface area contributed by atoms with Gasteiger partial charge in [0.05, 0.1) is 6.61 Å². The van der Waals surface area contributed by atoms with Crippen molar-refractivity contribution >= 4 is 16.7 Å². The van der Waals surface area contributed by atoms with Crippen molar-refractivity contribution in [2.45, 2.75) is 25.6 Å². The molecule has 96 valence electrons. The normalized spacial score (nSPS) is 22.7. The summed E-state index contributed by atoms with van der Waals surface area (Å²) in [5.41, 5.74) is 2.64. The number of benzene rings is 2. The van der Waals surface area contributed by atoms with Crippen LogP contribution in [-0.2, 0) is 22.6 Å². The Morgan fingerprint density at radius 3 is 2.32 bits per heavy atom. The Morgan fingerprint density at radius 2 is 1.74 bits per heavy atom. The molecule has 0 spiro atoms. The van der Waals surface area contributed by atoms with Crippen molar-refractivity contribution in [2.24, 2.45) is 0 Å².